The lowest BCUT2D eigenvalue weighted by Crippen LogP contribution is -2.18. The molecule has 5 N–H and O–H groups in total. The van der Waals surface area contributed by atoms with Crippen LogP contribution in [0.4, 0.5) is 17.3 Å². The van der Waals surface area contributed by atoms with E-state index in [0.717, 1.165) is 18.2 Å². The maximum Gasteiger partial charge on any atom is 0.271 e. The summed E-state index contributed by atoms with van der Waals surface area (Å²) in [6.45, 7) is 0. The molecular formula is C9H10N6O4S. The van der Waals surface area contributed by atoms with Crippen molar-refractivity contribution >= 4 is 27.3 Å². The maximum atomic E-state index is 12.1. The Balaban J connectivity index is 2.43. The molecule has 0 atom stereocenters. The van der Waals surface area contributed by atoms with Crippen molar-refractivity contribution in [2.45, 2.75) is 4.90 Å². The lowest BCUT2D eigenvalue weighted by atomic mass is 10.3. The van der Waals surface area contributed by atoms with Crippen LogP contribution in [0.2, 0.25) is 0 Å². The summed E-state index contributed by atoms with van der Waals surface area (Å²) < 4.78 is 26.4. The number of nitrogens with two attached hydrogens (primary N) is 1. The van der Waals surface area contributed by atoms with Crippen LogP contribution >= 0.6 is 0 Å². The summed E-state index contributed by atoms with van der Waals surface area (Å²) in [6, 6.07) is 3.17. The van der Waals surface area contributed by atoms with Crippen LogP contribution in [0.15, 0.2) is 35.5 Å². The highest BCUT2D eigenvalue weighted by Gasteiger charge is 2.22. The van der Waals surface area contributed by atoms with E-state index in [0.29, 0.717) is 0 Å². The molecule has 0 spiro atoms. The number of non-ortho nitro benzene ring substituents is 1. The third-order valence-corrected chi connectivity index (χ3v) is 3.75. The van der Waals surface area contributed by atoms with Crippen LogP contribution in [0.5, 0.6) is 0 Å². The molecular weight excluding hydrogens is 288 g/mol. The van der Waals surface area contributed by atoms with Crippen LogP contribution in [0.25, 0.3) is 0 Å². The Kier molecular flexibility index (Phi) is 3.54. The minimum Gasteiger partial charge on any atom is -0.330 e. The SMILES string of the molecule is NNc1cc([N+](=O)[O-])ccc1S(=O)(=O)Nc1ncc[nH]1. The fourth-order valence-corrected chi connectivity index (χ4v) is 2.61. The number of nitrogens with zero attached hydrogens (tertiary/aromatic N) is 2. The van der Waals surface area contributed by atoms with E-state index in [4.69, 9.17) is 5.84 Å². The quantitative estimate of drug-likeness (QED) is 0.353. The van der Waals surface area contributed by atoms with Crippen molar-refractivity contribution in [2.24, 2.45) is 5.84 Å². The molecule has 0 aliphatic rings. The summed E-state index contributed by atoms with van der Waals surface area (Å²) >= 11 is 0. The average Bonchev–Trinajstić information content (AvgIpc) is 2.89. The second kappa shape index (κ2) is 5.14. The number of benzene rings is 1. The molecule has 0 aliphatic heterocycles. The van der Waals surface area contributed by atoms with Crippen molar-refractivity contribution in [3.8, 4) is 0 Å². The zero-order valence-electron chi connectivity index (χ0n) is 9.90. The minimum atomic E-state index is -3.98. The molecule has 0 unspecified atom stereocenters. The zero-order chi connectivity index (χ0) is 14.8. The zero-order valence-corrected chi connectivity index (χ0v) is 10.7. The molecule has 0 bridgehead atoms. The number of H-pyrrole nitrogens is 1. The Hall–Kier alpha value is -2.66. The monoisotopic (exact) mass is 298 g/mol. The molecule has 0 aliphatic carbocycles. The van der Waals surface area contributed by atoms with Crippen molar-refractivity contribution in [1.82, 2.24) is 9.97 Å². The van der Waals surface area contributed by atoms with Crippen molar-refractivity contribution in [1.29, 1.82) is 0 Å². The molecule has 1 heterocycles. The van der Waals surface area contributed by atoms with Crippen LogP contribution in [-0.2, 0) is 10.0 Å². The molecule has 0 saturated carbocycles. The number of aromatic amines is 1. The van der Waals surface area contributed by atoms with Crippen LogP contribution in [0.1, 0.15) is 0 Å². The molecule has 11 heteroatoms. The van der Waals surface area contributed by atoms with Gasteiger partial charge in [-0.1, -0.05) is 0 Å². The summed E-state index contributed by atoms with van der Waals surface area (Å²) in [5, 5.41) is 10.6. The molecule has 0 amide bonds. The lowest BCUT2D eigenvalue weighted by Gasteiger charge is -2.10. The Morgan fingerprint density at radius 3 is 2.70 bits per heavy atom. The van der Waals surface area contributed by atoms with E-state index in [1.807, 2.05) is 0 Å². The van der Waals surface area contributed by atoms with Gasteiger partial charge in [0.2, 0.25) is 5.95 Å². The summed E-state index contributed by atoms with van der Waals surface area (Å²) in [7, 11) is -3.98. The molecule has 20 heavy (non-hydrogen) atoms. The highest BCUT2D eigenvalue weighted by molar-refractivity contribution is 7.92. The Bertz CT molecular complexity index is 727. The number of sulfonamides is 1. The van der Waals surface area contributed by atoms with E-state index < -0.39 is 14.9 Å². The Labute approximate surface area is 113 Å². The molecule has 0 radical (unpaired) electrons. The molecule has 0 fully saturated rings. The molecule has 1 aromatic heterocycles. The number of imidazole rings is 1. The van der Waals surface area contributed by atoms with E-state index in [9.17, 15) is 18.5 Å². The number of aromatic nitrogens is 2. The number of anilines is 2. The lowest BCUT2D eigenvalue weighted by molar-refractivity contribution is -0.384. The summed E-state index contributed by atoms with van der Waals surface area (Å²) in [6.07, 6.45) is 2.81. The third kappa shape index (κ3) is 2.67. The minimum absolute atomic E-state index is 0.0197. The van der Waals surface area contributed by atoms with Crippen LogP contribution in [-0.4, -0.2) is 23.3 Å². The maximum absolute atomic E-state index is 12.1. The topological polar surface area (TPSA) is 156 Å². The van der Waals surface area contributed by atoms with Gasteiger partial charge in [-0.15, -0.1) is 0 Å². The van der Waals surface area contributed by atoms with E-state index in [2.05, 4.69) is 20.1 Å². The first-order valence-electron chi connectivity index (χ1n) is 5.21. The largest absolute Gasteiger partial charge is 0.330 e. The number of nitrogens with one attached hydrogen (secondary N) is 3. The first-order chi connectivity index (χ1) is 9.44. The van der Waals surface area contributed by atoms with Gasteiger partial charge in [-0.2, -0.15) is 0 Å². The molecule has 1 aromatic carbocycles. The molecule has 10 nitrogen and oxygen atoms in total. The number of hydrogen-bond donors (Lipinski definition) is 4. The van der Waals surface area contributed by atoms with Gasteiger partial charge in [0.25, 0.3) is 15.7 Å². The predicted octanol–water partition coefficient (Wildman–Crippen LogP) is 0.404. The molecule has 0 saturated heterocycles. The van der Waals surface area contributed by atoms with Crippen LogP contribution < -0.4 is 16.0 Å². The second-order valence-corrected chi connectivity index (χ2v) is 5.28. The van der Waals surface area contributed by atoms with Crippen LogP contribution in [0.3, 0.4) is 0 Å². The van der Waals surface area contributed by atoms with Gasteiger partial charge in [0, 0.05) is 24.5 Å². The van der Waals surface area contributed by atoms with E-state index in [1.54, 1.807) is 0 Å². The van der Waals surface area contributed by atoms with Gasteiger partial charge >= 0.3 is 0 Å². The third-order valence-electron chi connectivity index (χ3n) is 2.35. The second-order valence-electron chi connectivity index (χ2n) is 3.63. The number of hydrazine groups is 1. The first-order valence-corrected chi connectivity index (χ1v) is 6.69. The van der Waals surface area contributed by atoms with Gasteiger partial charge in [0.05, 0.1) is 10.6 Å². The highest BCUT2D eigenvalue weighted by atomic mass is 32.2. The van der Waals surface area contributed by atoms with Crippen LogP contribution in [0, 0.1) is 10.1 Å². The van der Waals surface area contributed by atoms with Gasteiger partial charge < -0.3 is 10.4 Å². The smallest absolute Gasteiger partial charge is 0.271 e. The number of hydrogen-bond acceptors (Lipinski definition) is 7. The number of nitro groups is 1. The summed E-state index contributed by atoms with van der Waals surface area (Å²) in [5.41, 5.74) is 1.74. The summed E-state index contributed by atoms with van der Waals surface area (Å²) in [5.74, 6) is 5.22. The average molecular weight is 298 g/mol. The van der Waals surface area contributed by atoms with Gasteiger partial charge in [0.15, 0.2) is 0 Å². The van der Waals surface area contributed by atoms with Crippen molar-refractivity contribution in [2.75, 3.05) is 10.1 Å². The normalized spacial score (nSPS) is 11.1. The predicted molar refractivity (Wildman–Crippen MR) is 70.3 cm³/mol. The number of rotatable bonds is 5. The van der Waals surface area contributed by atoms with E-state index in [-0.39, 0.29) is 22.2 Å². The van der Waals surface area contributed by atoms with E-state index in [1.165, 1.54) is 12.4 Å². The first kappa shape index (κ1) is 13.8. The molecule has 2 rings (SSSR count). The van der Waals surface area contributed by atoms with Crippen molar-refractivity contribution < 1.29 is 13.3 Å². The van der Waals surface area contributed by atoms with Gasteiger partial charge in [0.1, 0.15) is 4.90 Å². The molecule has 2 aromatic rings. The Morgan fingerprint density at radius 1 is 1.40 bits per heavy atom. The van der Waals surface area contributed by atoms with Gasteiger partial charge in [-0.25, -0.2) is 18.1 Å². The fraction of sp³-hybridized carbons (Fsp3) is 0. The van der Waals surface area contributed by atoms with E-state index >= 15 is 0 Å². The van der Waals surface area contributed by atoms with Gasteiger partial charge in [-0.05, 0) is 6.07 Å². The van der Waals surface area contributed by atoms with Gasteiger partial charge in [-0.3, -0.25) is 16.0 Å². The number of nitro benzene ring substituents is 1. The standard InChI is InChI=1S/C9H10N6O4S/c10-13-7-5-6(15(16)17)1-2-8(7)20(18,19)14-9-11-3-4-12-9/h1-5,13H,10H2,(H2,11,12,14). The molecule has 106 valence electrons. The fourth-order valence-electron chi connectivity index (χ4n) is 1.48. The van der Waals surface area contributed by atoms with Crippen molar-refractivity contribution in [3.05, 3.63) is 40.7 Å². The highest BCUT2D eigenvalue weighted by Crippen LogP contribution is 2.26. The Morgan fingerprint density at radius 2 is 2.15 bits per heavy atom. The number of nitrogen functional groups attached to an aromatic ring is 1. The van der Waals surface area contributed by atoms with Crippen molar-refractivity contribution in [3.63, 3.8) is 0 Å². The summed E-state index contributed by atoms with van der Waals surface area (Å²) in [4.78, 5) is 16.0.